The van der Waals surface area contributed by atoms with Crippen LogP contribution in [0.3, 0.4) is 0 Å². The van der Waals surface area contributed by atoms with Gasteiger partial charge in [-0.2, -0.15) is 0 Å². The van der Waals surface area contributed by atoms with Crippen LogP contribution in [-0.2, 0) is 0 Å². The van der Waals surface area contributed by atoms with Gasteiger partial charge in [-0.3, -0.25) is 0 Å². The number of benzene rings is 1. The van der Waals surface area contributed by atoms with E-state index in [4.69, 9.17) is 0 Å². The number of hydrogen-bond acceptors (Lipinski definition) is 1. The Hall–Kier alpha value is 0.230. The van der Waals surface area contributed by atoms with E-state index in [1.54, 1.807) is 6.07 Å². The maximum Gasteiger partial charge on any atom is 0.136 e. The van der Waals surface area contributed by atoms with Crippen LogP contribution in [-0.4, -0.2) is 0 Å². The minimum absolute atomic E-state index is 0.170. The van der Waals surface area contributed by atoms with Crippen molar-refractivity contribution < 1.29 is 4.39 Å². The zero-order valence-electron chi connectivity index (χ0n) is 5.36. The van der Waals surface area contributed by atoms with Crippen LogP contribution in [0.2, 0.25) is 0 Å². The maximum absolute atomic E-state index is 12.7. The second kappa shape index (κ2) is 3.09. The van der Waals surface area contributed by atoms with Crippen molar-refractivity contribution in [3.05, 3.63) is 27.1 Å². The fourth-order valence-electron chi connectivity index (χ4n) is 0.642. The molecule has 0 nitrogen and oxygen atoms in total. The van der Waals surface area contributed by atoms with Gasteiger partial charge >= 0.3 is 0 Å². The highest BCUT2D eigenvalue weighted by molar-refractivity contribution is 14.1. The van der Waals surface area contributed by atoms with Crippen LogP contribution >= 0.6 is 35.2 Å². The number of thiol groups is 1. The van der Waals surface area contributed by atoms with E-state index in [0.29, 0.717) is 3.57 Å². The molecule has 0 spiro atoms. The van der Waals surface area contributed by atoms with E-state index in [0.717, 1.165) is 10.5 Å². The van der Waals surface area contributed by atoms with Gasteiger partial charge in [-0.05, 0) is 47.2 Å². The van der Waals surface area contributed by atoms with Crippen LogP contribution in [0.25, 0.3) is 0 Å². The molecule has 0 aliphatic rings. The molecule has 1 aromatic rings. The molecule has 0 fully saturated rings. The lowest BCUT2D eigenvalue weighted by Crippen LogP contribution is -1.87. The van der Waals surface area contributed by atoms with Crippen LogP contribution in [0.5, 0.6) is 0 Å². The minimum atomic E-state index is -0.170. The quantitative estimate of drug-likeness (QED) is 0.542. The fourth-order valence-corrected chi connectivity index (χ4v) is 1.51. The molecule has 0 saturated carbocycles. The topological polar surface area (TPSA) is 0 Å². The van der Waals surface area contributed by atoms with Crippen LogP contribution in [0, 0.1) is 16.3 Å². The lowest BCUT2D eigenvalue weighted by molar-refractivity contribution is 0.617. The average Bonchev–Trinajstić information content (AvgIpc) is 1.93. The molecule has 1 aromatic carbocycles. The lowest BCUT2D eigenvalue weighted by Gasteiger charge is -2.01. The van der Waals surface area contributed by atoms with Gasteiger partial charge in [-0.25, -0.2) is 4.39 Å². The molecule has 0 bridgehead atoms. The van der Waals surface area contributed by atoms with E-state index < -0.39 is 0 Å². The Morgan fingerprint density at radius 3 is 2.60 bits per heavy atom. The van der Waals surface area contributed by atoms with Crippen molar-refractivity contribution in [2.45, 2.75) is 11.8 Å². The Morgan fingerprint density at radius 1 is 1.50 bits per heavy atom. The van der Waals surface area contributed by atoms with Crippen LogP contribution < -0.4 is 0 Å². The monoisotopic (exact) mass is 268 g/mol. The highest BCUT2D eigenvalue weighted by Gasteiger charge is 2.03. The maximum atomic E-state index is 12.7. The molecule has 0 aliphatic heterocycles. The first-order valence-electron chi connectivity index (χ1n) is 2.76. The molecular formula is C7H6FIS. The molecule has 0 amide bonds. The van der Waals surface area contributed by atoms with Gasteiger partial charge in [-0.1, -0.05) is 0 Å². The second-order valence-electron chi connectivity index (χ2n) is 2.01. The summed E-state index contributed by atoms with van der Waals surface area (Å²) < 4.78 is 13.4. The summed E-state index contributed by atoms with van der Waals surface area (Å²) in [5, 5.41) is 0. The molecule has 0 aromatic heterocycles. The average molecular weight is 268 g/mol. The largest absolute Gasteiger partial charge is 0.206 e. The molecule has 54 valence electrons. The Morgan fingerprint density at radius 2 is 2.10 bits per heavy atom. The molecule has 0 heterocycles. The summed E-state index contributed by atoms with van der Waals surface area (Å²) in [7, 11) is 0. The van der Waals surface area contributed by atoms with E-state index in [9.17, 15) is 4.39 Å². The first kappa shape index (κ1) is 8.33. The van der Waals surface area contributed by atoms with Gasteiger partial charge in [0.2, 0.25) is 0 Å². The zero-order valence-corrected chi connectivity index (χ0v) is 8.41. The van der Waals surface area contributed by atoms with Crippen molar-refractivity contribution in [3.63, 3.8) is 0 Å². The van der Waals surface area contributed by atoms with Crippen LogP contribution in [0.1, 0.15) is 5.56 Å². The number of hydrogen-bond donors (Lipinski definition) is 1. The van der Waals surface area contributed by atoms with Gasteiger partial charge < -0.3 is 0 Å². The third-order valence-corrected chi connectivity index (χ3v) is 3.12. The first-order chi connectivity index (χ1) is 4.63. The Labute approximate surface area is 78.4 Å². The van der Waals surface area contributed by atoms with E-state index in [-0.39, 0.29) is 5.82 Å². The molecule has 0 radical (unpaired) electrons. The molecule has 1 rings (SSSR count). The van der Waals surface area contributed by atoms with E-state index in [1.165, 1.54) is 6.07 Å². The summed E-state index contributed by atoms with van der Waals surface area (Å²) in [5.74, 6) is -0.170. The van der Waals surface area contributed by atoms with Crippen molar-refractivity contribution >= 4 is 35.2 Å². The second-order valence-corrected chi connectivity index (χ2v) is 3.57. The minimum Gasteiger partial charge on any atom is -0.206 e. The molecule has 0 atom stereocenters. The summed E-state index contributed by atoms with van der Waals surface area (Å²) in [6.45, 7) is 1.85. The Kier molecular flexibility index (Phi) is 2.57. The summed E-state index contributed by atoms with van der Waals surface area (Å²) in [6.07, 6.45) is 0. The van der Waals surface area contributed by atoms with Gasteiger partial charge in [0.15, 0.2) is 0 Å². The third kappa shape index (κ3) is 1.45. The summed E-state index contributed by atoms with van der Waals surface area (Å²) in [6, 6.07) is 3.09. The Bertz CT molecular complexity index is 233. The van der Waals surface area contributed by atoms with E-state index in [2.05, 4.69) is 12.6 Å². The van der Waals surface area contributed by atoms with Gasteiger partial charge in [0.1, 0.15) is 5.82 Å². The van der Waals surface area contributed by atoms with Crippen LogP contribution in [0.4, 0.5) is 4.39 Å². The molecule has 0 unspecified atom stereocenters. The lowest BCUT2D eigenvalue weighted by atomic mass is 10.2. The summed E-state index contributed by atoms with van der Waals surface area (Å²) in [4.78, 5) is 0.839. The smallest absolute Gasteiger partial charge is 0.136 e. The summed E-state index contributed by atoms with van der Waals surface area (Å²) >= 11 is 6.11. The molecule has 0 N–H and O–H groups in total. The van der Waals surface area contributed by atoms with Crippen molar-refractivity contribution in [2.75, 3.05) is 0 Å². The highest BCUT2D eigenvalue weighted by Crippen LogP contribution is 2.21. The van der Waals surface area contributed by atoms with E-state index >= 15 is 0 Å². The Balaban J connectivity index is 3.34. The SMILES string of the molecule is Cc1c(S)ccc(F)c1I. The van der Waals surface area contributed by atoms with Gasteiger partial charge in [0.05, 0.1) is 3.57 Å². The van der Waals surface area contributed by atoms with E-state index in [1.807, 2.05) is 29.5 Å². The predicted molar refractivity (Wildman–Crippen MR) is 51.1 cm³/mol. The molecule has 0 aliphatic carbocycles. The third-order valence-electron chi connectivity index (χ3n) is 1.31. The molecular weight excluding hydrogens is 262 g/mol. The van der Waals surface area contributed by atoms with Crippen molar-refractivity contribution in [2.24, 2.45) is 0 Å². The molecule has 3 heteroatoms. The highest BCUT2D eigenvalue weighted by atomic mass is 127. The molecule has 0 saturated heterocycles. The van der Waals surface area contributed by atoms with Crippen molar-refractivity contribution in [1.82, 2.24) is 0 Å². The first-order valence-corrected chi connectivity index (χ1v) is 4.29. The predicted octanol–water partition coefficient (Wildman–Crippen LogP) is 3.03. The normalized spacial score (nSPS) is 10.0. The van der Waals surface area contributed by atoms with Crippen molar-refractivity contribution in [1.29, 1.82) is 0 Å². The summed E-state index contributed by atoms with van der Waals surface area (Å²) in [5.41, 5.74) is 0.906. The van der Waals surface area contributed by atoms with Gasteiger partial charge in [-0.15, -0.1) is 12.6 Å². The van der Waals surface area contributed by atoms with Gasteiger partial charge in [0.25, 0.3) is 0 Å². The number of halogens is 2. The standard InChI is InChI=1S/C7H6FIS/c1-4-6(10)3-2-5(8)7(4)9/h2-3,10H,1H3. The van der Waals surface area contributed by atoms with Crippen LogP contribution in [0.15, 0.2) is 17.0 Å². The van der Waals surface area contributed by atoms with Crippen molar-refractivity contribution in [3.8, 4) is 0 Å². The fraction of sp³-hybridized carbons (Fsp3) is 0.143. The number of rotatable bonds is 0. The zero-order chi connectivity index (χ0) is 7.72. The molecule has 10 heavy (non-hydrogen) atoms. The van der Waals surface area contributed by atoms with Gasteiger partial charge in [0, 0.05) is 4.90 Å².